The van der Waals surface area contributed by atoms with Crippen LogP contribution in [0.3, 0.4) is 0 Å². The van der Waals surface area contributed by atoms with E-state index in [2.05, 4.69) is 11.4 Å². The first kappa shape index (κ1) is 19.5. The molecule has 0 heterocycles. The Morgan fingerprint density at radius 3 is 2.29 bits per heavy atom. The van der Waals surface area contributed by atoms with Gasteiger partial charge in [-0.1, -0.05) is 24.3 Å². The second kappa shape index (κ2) is 9.09. The summed E-state index contributed by atoms with van der Waals surface area (Å²) in [7, 11) is 0. The third kappa shape index (κ3) is 5.13. The SMILES string of the molecule is CCOc1ccc(C(=O)Nc2ccccc2)cc1COc1cc(C)cc(C)c1. The maximum atomic E-state index is 12.6. The fourth-order valence-electron chi connectivity index (χ4n) is 3.03. The Morgan fingerprint density at radius 1 is 0.893 bits per heavy atom. The van der Waals surface area contributed by atoms with Gasteiger partial charge in [0.25, 0.3) is 5.91 Å². The standard InChI is InChI=1S/C24H25NO3/c1-4-27-23-11-10-19(24(26)25-21-8-6-5-7-9-21)15-20(23)16-28-22-13-17(2)12-18(3)14-22/h5-15H,4,16H2,1-3H3,(H,25,26). The molecule has 28 heavy (non-hydrogen) atoms. The normalized spacial score (nSPS) is 10.4. The molecule has 0 aromatic heterocycles. The molecule has 144 valence electrons. The molecule has 0 spiro atoms. The van der Waals surface area contributed by atoms with E-state index in [0.717, 1.165) is 33.9 Å². The molecule has 1 amide bonds. The number of hydrogen-bond acceptors (Lipinski definition) is 3. The number of rotatable bonds is 7. The van der Waals surface area contributed by atoms with Gasteiger partial charge in [0, 0.05) is 16.8 Å². The van der Waals surface area contributed by atoms with Gasteiger partial charge in [-0.2, -0.15) is 0 Å². The zero-order valence-corrected chi connectivity index (χ0v) is 16.5. The minimum atomic E-state index is -0.165. The summed E-state index contributed by atoms with van der Waals surface area (Å²) in [5.74, 6) is 1.36. The van der Waals surface area contributed by atoms with Crippen molar-refractivity contribution in [2.24, 2.45) is 0 Å². The fourth-order valence-corrected chi connectivity index (χ4v) is 3.03. The Bertz CT molecular complexity index is 931. The Labute approximate surface area is 166 Å². The number of benzene rings is 3. The molecule has 1 N–H and O–H groups in total. The van der Waals surface area contributed by atoms with Crippen LogP contribution in [0.15, 0.2) is 66.7 Å². The zero-order chi connectivity index (χ0) is 19.9. The third-order valence-corrected chi connectivity index (χ3v) is 4.24. The van der Waals surface area contributed by atoms with Crippen molar-refractivity contribution in [1.29, 1.82) is 0 Å². The van der Waals surface area contributed by atoms with Crippen molar-refractivity contribution in [3.8, 4) is 11.5 Å². The lowest BCUT2D eigenvalue weighted by Crippen LogP contribution is -2.13. The van der Waals surface area contributed by atoms with Crippen LogP contribution in [0, 0.1) is 13.8 Å². The van der Waals surface area contributed by atoms with Crippen molar-refractivity contribution in [1.82, 2.24) is 0 Å². The predicted octanol–water partition coefficient (Wildman–Crippen LogP) is 5.53. The highest BCUT2D eigenvalue weighted by Crippen LogP contribution is 2.24. The fraction of sp³-hybridized carbons (Fsp3) is 0.208. The lowest BCUT2D eigenvalue weighted by molar-refractivity contribution is 0.102. The zero-order valence-electron chi connectivity index (χ0n) is 16.5. The van der Waals surface area contributed by atoms with Gasteiger partial charge in [-0.15, -0.1) is 0 Å². The van der Waals surface area contributed by atoms with Crippen molar-refractivity contribution >= 4 is 11.6 Å². The summed E-state index contributed by atoms with van der Waals surface area (Å²) in [6.07, 6.45) is 0. The molecule has 0 fully saturated rings. The second-order valence-electron chi connectivity index (χ2n) is 6.69. The summed E-state index contributed by atoms with van der Waals surface area (Å²) >= 11 is 0. The number of nitrogens with one attached hydrogen (secondary N) is 1. The Kier molecular flexibility index (Phi) is 6.33. The first-order valence-corrected chi connectivity index (χ1v) is 9.38. The van der Waals surface area contributed by atoms with E-state index in [9.17, 15) is 4.79 Å². The minimum Gasteiger partial charge on any atom is -0.493 e. The number of anilines is 1. The number of carbonyl (C=O) groups is 1. The summed E-state index contributed by atoms with van der Waals surface area (Å²) in [6.45, 7) is 6.89. The van der Waals surface area contributed by atoms with Gasteiger partial charge in [0.1, 0.15) is 18.1 Å². The number of carbonyl (C=O) groups excluding carboxylic acids is 1. The Balaban J connectivity index is 1.79. The molecule has 0 unspecified atom stereocenters. The van der Waals surface area contributed by atoms with Crippen LogP contribution >= 0.6 is 0 Å². The average molecular weight is 375 g/mol. The molecule has 4 nitrogen and oxygen atoms in total. The van der Waals surface area contributed by atoms with Gasteiger partial charge in [0.2, 0.25) is 0 Å². The highest BCUT2D eigenvalue weighted by molar-refractivity contribution is 6.04. The van der Waals surface area contributed by atoms with E-state index in [-0.39, 0.29) is 5.91 Å². The van der Waals surface area contributed by atoms with E-state index in [1.165, 1.54) is 0 Å². The topological polar surface area (TPSA) is 47.6 Å². The Hall–Kier alpha value is -3.27. The van der Waals surface area contributed by atoms with E-state index in [4.69, 9.17) is 9.47 Å². The molecular formula is C24H25NO3. The van der Waals surface area contributed by atoms with Crippen molar-refractivity contribution in [3.63, 3.8) is 0 Å². The van der Waals surface area contributed by atoms with Crippen LogP contribution < -0.4 is 14.8 Å². The summed E-state index contributed by atoms with van der Waals surface area (Å²) in [6, 6.07) is 20.9. The molecular weight excluding hydrogens is 350 g/mol. The van der Waals surface area contributed by atoms with Crippen molar-refractivity contribution < 1.29 is 14.3 Å². The number of amides is 1. The van der Waals surface area contributed by atoms with E-state index in [1.54, 1.807) is 6.07 Å². The molecule has 4 heteroatoms. The molecule has 0 bridgehead atoms. The van der Waals surface area contributed by atoms with Crippen LogP contribution in [0.4, 0.5) is 5.69 Å². The van der Waals surface area contributed by atoms with Crippen molar-refractivity contribution in [2.75, 3.05) is 11.9 Å². The number of ether oxygens (including phenoxy) is 2. The maximum absolute atomic E-state index is 12.6. The van der Waals surface area contributed by atoms with Crippen LogP contribution in [0.1, 0.15) is 34.0 Å². The summed E-state index contributed by atoms with van der Waals surface area (Å²) < 4.78 is 11.7. The summed E-state index contributed by atoms with van der Waals surface area (Å²) in [5, 5.41) is 2.91. The van der Waals surface area contributed by atoms with Gasteiger partial charge in [0.15, 0.2) is 0 Å². The van der Waals surface area contributed by atoms with Gasteiger partial charge >= 0.3 is 0 Å². The van der Waals surface area contributed by atoms with Crippen LogP contribution in [-0.2, 0) is 6.61 Å². The molecule has 0 atom stereocenters. The molecule has 3 aromatic rings. The van der Waals surface area contributed by atoms with Gasteiger partial charge < -0.3 is 14.8 Å². The highest BCUT2D eigenvalue weighted by Gasteiger charge is 2.12. The summed E-state index contributed by atoms with van der Waals surface area (Å²) in [5.41, 5.74) is 4.45. The highest BCUT2D eigenvalue weighted by atomic mass is 16.5. The molecule has 0 aliphatic rings. The first-order chi connectivity index (χ1) is 13.5. The van der Waals surface area contributed by atoms with Crippen LogP contribution in [-0.4, -0.2) is 12.5 Å². The van der Waals surface area contributed by atoms with Crippen LogP contribution in [0.2, 0.25) is 0 Å². The van der Waals surface area contributed by atoms with Crippen molar-refractivity contribution in [3.05, 3.63) is 89.0 Å². The largest absolute Gasteiger partial charge is 0.493 e. The van der Waals surface area contributed by atoms with E-state index in [0.29, 0.717) is 18.8 Å². The summed E-state index contributed by atoms with van der Waals surface area (Å²) in [4.78, 5) is 12.6. The lowest BCUT2D eigenvalue weighted by atomic mass is 10.1. The molecule has 3 aromatic carbocycles. The molecule has 3 rings (SSSR count). The lowest BCUT2D eigenvalue weighted by Gasteiger charge is -2.14. The van der Waals surface area contributed by atoms with Gasteiger partial charge in [0.05, 0.1) is 6.61 Å². The number of para-hydroxylation sites is 1. The van der Waals surface area contributed by atoms with Crippen LogP contribution in [0.25, 0.3) is 0 Å². The number of aryl methyl sites for hydroxylation is 2. The molecule has 0 saturated carbocycles. The first-order valence-electron chi connectivity index (χ1n) is 9.38. The quantitative estimate of drug-likeness (QED) is 0.590. The van der Waals surface area contributed by atoms with E-state index < -0.39 is 0 Å². The van der Waals surface area contributed by atoms with Gasteiger partial charge in [-0.3, -0.25) is 4.79 Å². The third-order valence-electron chi connectivity index (χ3n) is 4.24. The van der Waals surface area contributed by atoms with Gasteiger partial charge in [-0.05, 0) is 74.4 Å². The average Bonchev–Trinajstić information content (AvgIpc) is 2.67. The minimum absolute atomic E-state index is 0.165. The van der Waals surface area contributed by atoms with Crippen molar-refractivity contribution in [2.45, 2.75) is 27.4 Å². The van der Waals surface area contributed by atoms with Crippen LogP contribution in [0.5, 0.6) is 11.5 Å². The monoisotopic (exact) mass is 375 g/mol. The Morgan fingerprint density at radius 2 is 1.61 bits per heavy atom. The van der Waals surface area contributed by atoms with E-state index >= 15 is 0 Å². The molecule has 0 aliphatic heterocycles. The molecule has 0 aliphatic carbocycles. The molecule has 0 saturated heterocycles. The maximum Gasteiger partial charge on any atom is 0.255 e. The smallest absolute Gasteiger partial charge is 0.255 e. The van der Waals surface area contributed by atoms with Gasteiger partial charge in [-0.25, -0.2) is 0 Å². The molecule has 0 radical (unpaired) electrons. The second-order valence-corrected chi connectivity index (χ2v) is 6.69. The van der Waals surface area contributed by atoms with E-state index in [1.807, 2.05) is 75.4 Å². The number of hydrogen-bond donors (Lipinski definition) is 1. The predicted molar refractivity (Wildman–Crippen MR) is 112 cm³/mol.